The molecule has 1 aromatic rings. The molecule has 78 heavy (non-hydrogen) atoms. The number of aliphatic hydroxyl groups excluding tert-OH is 1. The number of hydrogen-bond acceptors (Lipinski definition) is 18. The monoisotopic (exact) mass is 1110 g/mol. The molecule has 0 saturated carbocycles. The molecule has 30 nitrogen and oxygen atoms in total. The molecule has 0 saturated heterocycles. The van der Waals surface area contributed by atoms with E-state index in [4.69, 9.17) is 28.7 Å². The minimum absolute atomic E-state index is 0.0552. The molecule has 1 heterocycles. The first-order valence-corrected chi connectivity index (χ1v) is 26.3. The third kappa shape index (κ3) is 26.5. The lowest BCUT2D eigenvalue weighted by Crippen LogP contribution is -2.61. The van der Waals surface area contributed by atoms with Crippen LogP contribution in [0.25, 0.3) is 0 Å². The van der Waals surface area contributed by atoms with Gasteiger partial charge in [-0.3, -0.25) is 47.9 Å². The average molecular weight is 1110 g/mol. The zero-order valence-electron chi connectivity index (χ0n) is 45.1. The Hall–Kier alpha value is -6.86. The van der Waals surface area contributed by atoms with Crippen LogP contribution >= 0.6 is 0 Å². The van der Waals surface area contributed by atoms with E-state index in [0.29, 0.717) is 70.2 Å². The van der Waals surface area contributed by atoms with Crippen LogP contribution in [0.3, 0.4) is 0 Å². The number of carbonyl (C=O) groups excluding carboxylic acids is 9. The highest BCUT2D eigenvalue weighted by Gasteiger charge is 2.36. The van der Waals surface area contributed by atoms with Gasteiger partial charge in [0.25, 0.3) is 0 Å². The summed E-state index contributed by atoms with van der Waals surface area (Å²) < 4.78 is 0. The summed E-state index contributed by atoms with van der Waals surface area (Å²) in [7, 11) is 0. The van der Waals surface area contributed by atoms with Gasteiger partial charge in [-0.15, -0.1) is 0 Å². The predicted octanol–water partition coefficient (Wildman–Crippen LogP) is -5.59. The number of rotatable bonds is 41. The van der Waals surface area contributed by atoms with Gasteiger partial charge < -0.3 is 96.8 Å². The number of aliphatic hydroxyl groups is 1. The maximum Gasteiger partial charge on any atom is 0.328 e. The van der Waals surface area contributed by atoms with E-state index in [-0.39, 0.29) is 45.2 Å². The molecule has 0 spiro atoms. The number of nitrogens with zero attached hydrogens (tertiary/aromatic N) is 1. The summed E-state index contributed by atoms with van der Waals surface area (Å²) in [5, 5.41) is 50.9. The number of aliphatic carboxylic acids is 2. The fourth-order valence-electron chi connectivity index (χ4n) is 7.55. The molecule has 0 bridgehead atoms. The number of H-pyrrole nitrogens is 1. The second-order valence-corrected chi connectivity index (χ2v) is 19.2. The number of unbranched alkanes of at least 4 members (excludes halogenated alkanes) is 4. The summed E-state index contributed by atoms with van der Waals surface area (Å²) in [4.78, 5) is 152. The minimum atomic E-state index is -1.85. The van der Waals surface area contributed by atoms with Gasteiger partial charge in [0.05, 0.1) is 25.4 Å². The molecule has 0 aliphatic heterocycles. The van der Waals surface area contributed by atoms with Crippen molar-refractivity contribution in [1.82, 2.24) is 57.8 Å². The third-order valence-corrected chi connectivity index (χ3v) is 12.2. The normalized spacial score (nSPS) is 15.0. The van der Waals surface area contributed by atoms with E-state index in [1.807, 2.05) is 0 Å². The van der Waals surface area contributed by atoms with Gasteiger partial charge in [0, 0.05) is 18.3 Å². The lowest BCUT2D eigenvalue weighted by molar-refractivity contribution is -0.143. The quantitative estimate of drug-likeness (QED) is 0.0272. The Morgan fingerprint density at radius 1 is 0.487 bits per heavy atom. The van der Waals surface area contributed by atoms with Crippen molar-refractivity contribution in [3.63, 3.8) is 0 Å². The van der Waals surface area contributed by atoms with Crippen LogP contribution in [0.2, 0.25) is 0 Å². The highest BCUT2D eigenvalue weighted by Crippen LogP contribution is 2.11. The number of nitrogens with one attached hydrogen (secondary N) is 10. The van der Waals surface area contributed by atoms with Gasteiger partial charge in [-0.25, -0.2) is 9.78 Å². The van der Waals surface area contributed by atoms with Crippen LogP contribution in [0.4, 0.5) is 0 Å². The van der Waals surface area contributed by atoms with Crippen molar-refractivity contribution in [2.45, 2.75) is 178 Å². The average Bonchev–Trinajstić information content (AvgIpc) is 3.90. The molecule has 0 radical (unpaired) electrons. The van der Waals surface area contributed by atoms with E-state index >= 15 is 0 Å². The van der Waals surface area contributed by atoms with E-state index < -0.39 is 144 Å². The maximum atomic E-state index is 13.9. The molecular formula is C48H86N16O14. The summed E-state index contributed by atoms with van der Waals surface area (Å²) in [6, 6.07) is -13.8. The Bertz CT molecular complexity index is 2080. The van der Waals surface area contributed by atoms with E-state index in [2.05, 4.69) is 57.8 Å². The molecule has 0 aromatic carbocycles. The van der Waals surface area contributed by atoms with Crippen LogP contribution in [0, 0.1) is 5.92 Å². The second kappa shape index (κ2) is 37.8. The number of aromatic amines is 1. The summed E-state index contributed by atoms with van der Waals surface area (Å²) in [6.45, 7) is 5.99. The smallest absolute Gasteiger partial charge is 0.328 e. The first-order chi connectivity index (χ1) is 36.9. The number of hydrogen-bond donors (Lipinski definition) is 18. The van der Waals surface area contributed by atoms with Crippen LogP contribution in [0.5, 0.6) is 0 Å². The van der Waals surface area contributed by atoms with Crippen molar-refractivity contribution < 1.29 is 68.1 Å². The van der Waals surface area contributed by atoms with Crippen molar-refractivity contribution >= 4 is 65.1 Å². The molecular weight excluding hydrogens is 1020 g/mol. The Kier molecular flexibility index (Phi) is 33.5. The summed E-state index contributed by atoms with van der Waals surface area (Å²) >= 11 is 0. The lowest BCUT2D eigenvalue weighted by atomic mass is 10.0. The number of imidazole rings is 1. The van der Waals surface area contributed by atoms with Gasteiger partial charge in [-0.2, -0.15) is 0 Å². The Morgan fingerprint density at radius 2 is 0.872 bits per heavy atom. The molecule has 9 amide bonds. The molecule has 0 fully saturated rings. The van der Waals surface area contributed by atoms with Crippen molar-refractivity contribution in [3.05, 3.63) is 18.2 Å². The summed E-state index contributed by atoms with van der Waals surface area (Å²) in [6.07, 6.45) is 5.40. The van der Waals surface area contributed by atoms with E-state index in [9.17, 15) is 68.1 Å². The van der Waals surface area contributed by atoms with Gasteiger partial charge in [0.1, 0.15) is 54.4 Å². The highest BCUT2D eigenvalue weighted by molar-refractivity contribution is 5.99. The van der Waals surface area contributed by atoms with Gasteiger partial charge in [0.2, 0.25) is 53.2 Å². The van der Waals surface area contributed by atoms with Crippen LogP contribution < -0.4 is 76.5 Å². The SMILES string of the molecule is CC(C)[C@H](NC(=O)[C@H](C)NC(=O)[C@H](CCCCN)NC(=O)[C@H](CCCCN)NC(=O)[C@H](C)NC(=O)[C@@H](N)CCCCN)C(=O)N[C@@H](CC(=O)O)C(=O)N[C@@H](CCCCN)C(=O)N[C@@H](Cc1cnc[nH]1)C(=O)N[C@@H](CO)C(=O)O. The number of amides is 9. The molecule has 1 rings (SSSR count). The van der Waals surface area contributed by atoms with Gasteiger partial charge in [-0.1, -0.05) is 20.3 Å². The first kappa shape index (κ1) is 69.2. The fourth-order valence-corrected chi connectivity index (χ4v) is 7.55. The number of carbonyl (C=O) groups is 11. The topological polar surface area (TPSA) is 516 Å². The molecule has 10 atom stereocenters. The summed E-state index contributed by atoms with van der Waals surface area (Å²) in [5.74, 6) is -11.7. The third-order valence-electron chi connectivity index (χ3n) is 12.2. The fraction of sp³-hybridized carbons (Fsp3) is 0.708. The predicted molar refractivity (Wildman–Crippen MR) is 282 cm³/mol. The summed E-state index contributed by atoms with van der Waals surface area (Å²) in [5.41, 5.74) is 28.9. The molecule has 442 valence electrons. The van der Waals surface area contributed by atoms with Crippen LogP contribution in [0.15, 0.2) is 12.5 Å². The van der Waals surface area contributed by atoms with Gasteiger partial charge in [0.15, 0.2) is 0 Å². The number of nitrogens with two attached hydrogens (primary N) is 5. The molecule has 0 aliphatic rings. The largest absolute Gasteiger partial charge is 0.481 e. The van der Waals surface area contributed by atoms with Gasteiger partial charge >= 0.3 is 11.9 Å². The zero-order chi connectivity index (χ0) is 58.9. The van der Waals surface area contributed by atoms with Crippen molar-refractivity contribution in [2.24, 2.45) is 34.6 Å². The highest BCUT2D eigenvalue weighted by atomic mass is 16.4. The van der Waals surface area contributed by atoms with Crippen molar-refractivity contribution in [1.29, 1.82) is 0 Å². The Morgan fingerprint density at radius 3 is 1.29 bits per heavy atom. The Labute approximate surface area is 453 Å². The Balaban J connectivity index is 3.30. The molecule has 1 aromatic heterocycles. The lowest BCUT2D eigenvalue weighted by Gasteiger charge is -2.28. The van der Waals surface area contributed by atoms with E-state index in [1.54, 1.807) is 0 Å². The van der Waals surface area contributed by atoms with E-state index in [1.165, 1.54) is 40.2 Å². The zero-order valence-corrected chi connectivity index (χ0v) is 45.1. The number of aromatic nitrogens is 2. The van der Waals surface area contributed by atoms with Crippen molar-refractivity contribution in [2.75, 3.05) is 32.8 Å². The maximum absolute atomic E-state index is 13.9. The van der Waals surface area contributed by atoms with Crippen molar-refractivity contribution in [3.8, 4) is 0 Å². The molecule has 0 aliphatic carbocycles. The first-order valence-electron chi connectivity index (χ1n) is 26.3. The molecule has 30 heteroatoms. The number of carboxylic acids is 2. The number of carboxylic acid groups (broad SMARTS) is 2. The molecule has 0 unspecified atom stereocenters. The van der Waals surface area contributed by atoms with Crippen LogP contribution in [-0.4, -0.2) is 184 Å². The van der Waals surface area contributed by atoms with Crippen LogP contribution in [-0.2, 0) is 59.2 Å². The second-order valence-electron chi connectivity index (χ2n) is 19.2. The van der Waals surface area contributed by atoms with Gasteiger partial charge in [-0.05, 0) is 117 Å². The molecule has 23 N–H and O–H groups in total. The van der Waals surface area contributed by atoms with Crippen LogP contribution in [0.1, 0.15) is 117 Å². The minimum Gasteiger partial charge on any atom is -0.481 e. The van der Waals surface area contributed by atoms with E-state index in [0.717, 1.165) is 0 Å². The standard InChI is InChI=1S/C48H86N16O14/c1-26(2)38(47(76)62-35(22-37(66)67)46(75)60-33(16-8-12-20-52)44(73)61-34(21-29-23-54-25-55-29)45(74)63-36(24-65)48(77)78)64-40(69)28(4)57-42(71)31(14-6-10-18-50)59-43(72)32(15-7-11-19-51)58-39(68)27(3)56-41(70)30(53)13-5-9-17-49/h23,25-28,30-36,38,65H,5-22,24,49-53H2,1-4H3,(H,54,55)(H,56,70)(H,57,71)(H,58,68)(H,59,72)(H,60,75)(H,61,73)(H,62,76)(H,63,74)(H,64,69)(H,66,67)(H,77,78)/t27-,28-,30-,31-,32-,33-,34-,35-,36-,38-/m0/s1.